The Kier molecular flexibility index (Phi) is 5.06. The molecule has 0 atom stereocenters. The quantitative estimate of drug-likeness (QED) is 0.919. The van der Waals surface area contributed by atoms with Gasteiger partial charge in [-0.3, -0.25) is 5.32 Å². The fourth-order valence-corrected chi connectivity index (χ4v) is 1.91. The van der Waals surface area contributed by atoms with E-state index in [1.807, 2.05) is 0 Å². The average Bonchev–Trinajstić information content (AvgIpc) is 2.50. The minimum atomic E-state index is -0.792. The highest BCUT2D eigenvalue weighted by Gasteiger charge is 2.13. The van der Waals surface area contributed by atoms with Crippen LogP contribution in [0.15, 0.2) is 36.4 Å². The minimum Gasteiger partial charge on any atom is -0.497 e. The standard InChI is InChI=1S/C15H13ClFNO4/c1-20-10-4-6-14(21-2)12(8-10)18-15(19)22-13-5-3-9(17)7-11(13)16/h3-8H,1-2H3,(H,18,19). The predicted molar refractivity (Wildman–Crippen MR) is 80.6 cm³/mol. The number of benzene rings is 2. The summed E-state index contributed by atoms with van der Waals surface area (Å²) in [5.41, 5.74) is 0.366. The Bertz CT molecular complexity index is 693. The monoisotopic (exact) mass is 325 g/mol. The first-order valence-corrected chi connectivity index (χ1v) is 6.57. The Morgan fingerprint density at radius 3 is 2.45 bits per heavy atom. The first-order chi connectivity index (χ1) is 10.5. The van der Waals surface area contributed by atoms with Crippen molar-refractivity contribution in [2.75, 3.05) is 19.5 Å². The minimum absolute atomic E-state index is 0.00671. The van der Waals surface area contributed by atoms with Crippen LogP contribution >= 0.6 is 11.6 Å². The van der Waals surface area contributed by atoms with E-state index >= 15 is 0 Å². The summed E-state index contributed by atoms with van der Waals surface area (Å²) in [7, 11) is 2.97. The van der Waals surface area contributed by atoms with Gasteiger partial charge in [-0.25, -0.2) is 9.18 Å². The molecule has 0 unspecified atom stereocenters. The van der Waals surface area contributed by atoms with Gasteiger partial charge in [-0.2, -0.15) is 0 Å². The van der Waals surface area contributed by atoms with Gasteiger partial charge in [0, 0.05) is 6.07 Å². The molecular formula is C15H13ClFNO4. The molecule has 0 saturated heterocycles. The van der Waals surface area contributed by atoms with E-state index in [1.54, 1.807) is 18.2 Å². The molecule has 22 heavy (non-hydrogen) atoms. The summed E-state index contributed by atoms with van der Waals surface area (Å²) < 4.78 is 28.2. The van der Waals surface area contributed by atoms with Crippen LogP contribution < -0.4 is 19.5 Å². The lowest BCUT2D eigenvalue weighted by molar-refractivity contribution is 0.215. The van der Waals surface area contributed by atoms with Crippen LogP contribution in [0.4, 0.5) is 14.9 Å². The molecule has 0 aliphatic rings. The predicted octanol–water partition coefficient (Wildman–Crippen LogP) is 4.11. The van der Waals surface area contributed by atoms with Gasteiger partial charge >= 0.3 is 6.09 Å². The maximum Gasteiger partial charge on any atom is 0.417 e. The Hall–Kier alpha value is -2.47. The van der Waals surface area contributed by atoms with Crippen molar-refractivity contribution in [2.24, 2.45) is 0 Å². The number of hydrogen-bond acceptors (Lipinski definition) is 4. The summed E-state index contributed by atoms with van der Waals surface area (Å²) >= 11 is 5.79. The van der Waals surface area contributed by atoms with E-state index < -0.39 is 11.9 Å². The zero-order valence-corrected chi connectivity index (χ0v) is 12.6. The molecule has 0 bridgehead atoms. The summed E-state index contributed by atoms with van der Waals surface area (Å²) in [6.07, 6.45) is -0.792. The first kappa shape index (κ1) is 15.9. The van der Waals surface area contributed by atoms with Crippen LogP contribution in [0, 0.1) is 5.82 Å². The highest BCUT2D eigenvalue weighted by molar-refractivity contribution is 6.32. The zero-order chi connectivity index (χ0) is 16.1. The van der Waals surface area contributed by atoms with Gasteiger partial charge < -0.3 is 14.2 Å². The second-order valence-corrected chi connectivity index (χ2v) is 4.56. The number of rotatable bonds is 4. The van der Waals surface area contributed by atoms with Gasteiger partial charge in [0.05, 0.1) is 24.9 Å². The Labute approximate surface area is 131 Å². The molecule has 0 fully saturated rings. The molecule has 2 rings (SSSR count). The highest BCUT2D eigenvalue weighted by Crippen LogP contribution is 2.30. The van der Waals surface area contributed by atoms with E-state index in [0.717, 1.165) is 12.1 Å². The number of ether oxygens (including phenoxy) is 3. The Morgan fingerprint density at radius 2 is 1.82 bits per heavy atom. The lowest BCUT2D eigenvalue weighted by atomic mass is 10.2. The van der Waals surface area contributed by atoms with Crippen molar-refractivity contribution in [1.29, 1.82) is 0 Å². The second-order valence-electron chi connectivity index (χ2n) is 4.16. The van der Waals surface area contributed by atoms with Crippen LogP contribution in [0.3, 0.4) is 0 Å². The third kappa shape index (κ3) is 3.79. The van der Waals surface area contributed by atoms with Crippen LogP contribution in [0.2, 0.25) is 5.02 Å². The third-order valence-electron chi connectivity index (χ3n) is 2.74. The molecule has 2 aromatic carbocycles. The molecule has 0 saturated carbocycles. The van der Waals surface area contributed by atoms with Gasteiger partial charge in [-0.1, -0.05) is 11.6 Å². The van der Waals surface area contributed by atoms with Crippen molar-refractivity contribution in [1.82, 2.24) is 0 Å². The SMILES string of the molecule is COc1ccc(OC)c(NC(=O)Oc2ccc(F)cc2Cl)c1. The fourth-order valence-electron chi connectivity index (χ4n) is 1.71. The summed E-state index contributed by atoms with van der Waals surface area (Å²) in [6, 6.07) is 8.36. The van der Waals surface area contributed by atoms with Crippen LogP contribution in [0.5, 0.6) is 17.2 Å². The molecule has 0 heterocycles. The van der Waals surface area contributed by atoms with E-state index in [1.165, 1.54) is 20.3 Å². The molecule has 1 amide bonds. The second kappa shape index (κ2) is 7.00. The number of carbonyl (C=O) groups excluding carboxylic acids is 1. The number of halogens is 2. The molecule has 0 aliphatic heterocycles. The van der Waals surface area contributed by atoms with Crippen LogP contribution in [-0.4, -0.2) is 20.3 Å². The lowest BCUT2D eigenvalue weighted by Gasteiger charge is -2.12. The average molecular weight is 326 g/mol. The van der Waals surface area contributed by atoms with Gasteiger partial charge in [-0.05, 0) is 30.3 Å². The molecular weight excluding hydrogens is 313 g/mol. The maximum absolute atomic E-state index is 12.9. The maximum atomic E-state index is 12.9. The van der Waals surface area contributed by atoms with Crippen molar-refractivity contribution in [3.8, 4) is 17.2 Å². The number of hydrogen-bond donors (Lipinski definition) is 1. The zero-order valence-electron chi connectivity index (χ0n) is 11.9. The van der Waals surface area contributed by atoms with Crippen LogP contribution in [0.25, 0.3) is 0 Å². The summed E-state index contributed by atoms with van der Waals surface area (Å²) in [4.78, 5) is 11.9. The topological polar surface area (TPSA) is 56.8 Å². The lowest BCUT2D eigenvalue weighted by Crippen LogP contribution is -2.17. The normalized spacial score (nSPS) is 10.0. The molecule has 0 aromatic heterocycles. The van der Waals surface area contributed by atoms with Crippen molar-refractivity contribution < 1.29 is 23.4 Å². The smallest absolute Gasteiger partial charge is 0.417 e. The van der Waals surface area contributed by atoms with E-state index in [2.05, 4.69) is 5.32 Å². The number of nitrogens with one attached hydrogen (secondary N) is 1. The summed E-state index contributed by atoms with van der Waals surface area (Å²) in [6.45, 7) is 0. The van der Waals surface area contributed by atoms with Gasteiger partial charge in [0.25, 0.3) is 0 Å². The highest BCUT2D eigenvalue weighted by atomic mass is 35.5. The Morgan fingerprint density at radius 1 is 1.09 bits per heavy atom. The number of methoxy groups -OCH3 is 2. The van der Waals surface area contributed by atoms with Gasteiger partial charge in [0.2, 0.25) is 0 Å². The fraction of sp³-hybridized carbons (Fsp3) is 0.133. The van der Waals surface area contributed by atoms with Crippen LogP contribution in [-0.2, 0) is 0 Å². The van der Waals surface area contributed by atoms with Crippen molar-refractivity contribution >= 4 is 23.4 Å². The number of carbonyl (C=O) groups is 1. The molecule has 0 spiro atoms. The summed E-state index contributed by atoms with van der Waals surface area (Å²) in [5.74, 6) is 0.494. The van der Waals surface area contributed by atoms with E-state index in [-0.39, 0.29) is 10.8 Å². The summed E-state index contributed by atoms with van der Waals surface area (Å²) in [5, 5.41) is 2.50. The molecule has 0 radical (unpaired) electrons. The molecule has 116 valence electrons. The van der Waals surface area contributed by atoms with Crippen LogP contribution in [0.1, 0.15) is 0 Å². The largest absolute Gasteiger partial charge is 0.497 e. The van der Waals surface area contributed by atoms with Crippen molar-refractivity contribution in [3.05, 3.63) is 47.2 Å². The molecule has 2 aromatic rings. The number of anilines is 1. The van der Waals surface area contributed by atoms with E-state index in [9.17, 15) is 9.18 Å². The molecule has 0 aliphatic carbocycles. The van der Waals surface area contributed by atoms with E-state index in [4.69, 9.17) is 25.8 Å². The first-order valence-electron chi connectivity index (χ1n) is 6.19. The van der Waals surface area contributed by atoms with Gasteiger partial charge in [0.1, 0.15) is 17.3 Å². The molecule has 1 N–H and O–H groups in total. The molecule has 7 heteroatoms. The number of amides is 1. The third-order valence-corrected chi connectivity index (χ3v) is 3.04. The molecule has 5 nitrogen and oxygen atoms in total. The van der Waals surface area contributed by atoms with Gasteiger partial charge in [0.15, 0.2) is 5.75 Å². The van der Waals surface area contributed by atoms with Gasteiger partial charge in [-0.15, -0.1) is 0 Å². The Balaban J connectivity index is 2.14. The van der Waals surface area contributed by atoms with Crippen molar-refractivity contribution in [3.63, 3.8) is 0 Å². The van der Waals surface area contributed by atoms with E-state index in [0.29, 0.717) is 17.2 Å². The van der Waals surface area contributed by atoms with Crippen molar-refractivity contribution in [2.45, 2.75) is 0 Å².